The number of hydrogen-bond acceptors (Lipinski definition) is 4. The Bertz CT molecular complexity index is 606. The maximum atomic E-state index is 13.9. The van der Waals surface area contributed by atoms with Gasteiger partial charge in [-0.1, -0.05) is 0 Å². The van der Waals surface area contributed by atoms with E-state index in [2.05, 4.69) is 4.90 Å². The second kappa shape index (κ2) is 8.33. The predicted octanol–water partition coefficient (Wildman–Crippen LogP) is 2.74. The predicted molar refractivity (Wildman–Crippen MR) is 85.5 cm³/mol. The van der Waals surface area contributed by atoms with Crippen LogP contribution in [-0.2, 0) is 20.7 Å². The lowest BCUT2D eigenvalue weighted by molar-refractivity contribution is -0.146. The zero-order valence-electron chi connectivity index (χ0n) is 14.1. The molecule has 24 heavy (non-hydrogen) atoms. The molecule has 1 saturated heterocycles. The summed E-state index contributed by atoms with van der Waals surface area (Å²) in [4.78, 5) is 25.8. The maximum absolute atomic E-state index is 13.9. The maximum Gasteiger partial charge on any atom is 0.313 e. The van der Waals surface area contributed by atoms with Crippen LogP contribution in [0.25, 0.3) is 0 Å². The molecule has 6 heteroatoms. The summed E-state index contributed by atoms with van der Waals surface area (Å²) in [5.41, 5.74) is 0.311. The van der Waals surface area contributed by atoms with Crippen LogP contribution in [0.1, 0.15) is 31.7 Å². The smallest absolute Gasteiger partial charge is 0.313 e. The fourth-order valence-corrected chi connectivity index (χ4v) is 3.15. The van der Waals surface area contributed by atoms with Crippen molar-refractivity contribution in [3.63, 3.8) is 0 Å². The molecule has 1 aromatic carbocycles. The van der Waals surface area contributed by atoms with Gasteiger partial charge in [-0.05, 0) is 63.5 Å². The highest BCUT2D eigenvalue weighted by Crippen LogP contribution is 2.27. The number of ketones is 1. The first-order valence-electron chi connectivity index (χ1n) is 8.23. The fraction of sp³-hybridized carbons (Fsp3) is 0.556. The highest BCUT2D eigenvalue weighted by Gasteiger charge is 2.31. The van der Waals surface area contributed by atoms with Gasteiger partial charge in [-0.2, -0.15) is 0 Å². The van der Waals surface area contributed by atoms with Gasteiger partial charge in [0, 0.05) is 12.0 Å². The van der Waals surface area contributed by atoms with Crippen LogP contribution in [0.2, 0.25) is 0 Å². The summed E-state index contributed by atoms with van der Waals surface area (Å²) in [7, 11) is 1.91. The topological polar surface area (TPSA) is 46.6 Å². The molecular formula is C18H23F2NO3. The molecule has 0 aliphatic carbocycles. The third-order valence-corrected chi connectivity index (χ3v) is 4.55. The van der Waals surface area contributed by atoms with E-state index in [0.717, 1.165) is 12.1 Å². The molecule has 4 nitrogen and oxygen atoms in total. The van der Waals surface area contributed by atoms with Crippen LogP contribution in [0.4, 0.5) is 8.78 Å². The molecular weight excluding hydrogens is 316 g/mol. The summed E-state index contributed by atoms with van der Waals surface area (Å²) in [5, 5.41) is 0. The van der Waals surface area contributed by atoms with Crippen molar-refractivity contribution in [1.29, 1.82) is 0 Å². The van der Waals surface area contributed by atoms with Gasteiger partial charge in [-0.25, -0.2) is 8.78 Å². The van der Waals surface area contributed by atoms with Gasteiger partial charge in [0.25, 0.3) is 0 Å². The zero-order valence-corrected chi connectivity index (χ0v) is 14.1. The van der Waals surface area contributed by atoms with E-state index in [-0.39, 0.29) is 30.8 Å². The van der Waals surface area contributed by atoms with Crippen molar-refractivity contribution in [1.82, 2.24) is 4.90 Å². The molecule has 0 saturated carbocycles. The first kappa shape index (κ1) is 18.5. The van der Waals surface area contributed by atoms with Crippen molar-refractivity contribution in [2.45, 2.75) is 38.6 Å². The van der Waals surface area contributed by atoms with Crippen LogP contribution in [0.15, 0.2) is 18.2 Å². The Hall–Kier alpha value is -1.82. The summed E-state index contributed by atoms with van der Waals surface area (Å²) < 4.78 is 32.0. The first-order chi connectivity index (χ1) is 11.4. The monoisotopic (exact) mass is 339 g/mol. The third-order valence-electron chi connectivity index (χ3n) is 4.55. The summed E-state index contributed by atoms with van der Waals surface area (Å²) >= 11 is 0. The second-order valence-electron chi connectivity index (χ2n) is 6.24. The van der Waals surface area contributed by atoms with Gasteiger partial charge < -0.3 is 9.64 Å². The number of halogens is 2. The van der Waals surface area contributed by atoms with Crippen LogP contribution in [0.3, 0.4) is 0 Å². The number of likely N-dealkylation sites (tertiary alicyclic amines) is 1. The van der Waals surface area contributed by atoms with Crippen molar-refractivity contribution < 1.29 is 23.1 Å². The quantitative estimate of drug-likeness (QED) is 0.591. The molecule has 0 unspecified atom stereocenters. The third kappa shape index (κ3) is 4.84. The van der Waals surface area contributed by atoms with Crippen LogP contribution in [0, 0.1) is 17.6 Å². The summed E-state index contributed by atoms with van der Waals surface area (Å²) in [6, 6.07) is 3.35. The first-order valence-corrected chi connectivity index (χ1v) is 8.23. The molecule has 1 aromatic rings. The van der Waals surface area contributed by atoms with E-state index in [1.807, 2.05) is 7.05 Å². The minimum absolute atomic E-state index is 0.0637. The number of carbonyl (C=O) groups is 2. The molecule has 1 heterocycles. The summed E-state index contributed by atoms with van der Waals surface area (Å²) in [6.45, 7) is 2.63. The lowest BCUT2D eigenvalue weighted by Crippen LogP contribution is -2.43. The average molecular weight is 339 g/mol. The van der Waals surface area contributed by atoms with Crippen molar-refractivity contribution >= 4 is 11.8 Å². The van der Waals surface area contributed by atoms with Gasteiger partial charge in [0.1, 0.15) is 23.8 Å². The number of Topliss-reactive ketones (excluding diaryl/α,β-unsaturated/α-hetero) is 1. The van der Waals surface area contributed by atoms with Gasteiger partial charge in [0.15, 0.2) is 0 Å². The van der Waals surface area contributed by atoms with Gasteiger partial charge in [0.2, 0.25) is 0 Å². The molecule has 0 bridgehead atoms. The lowest BCUT2D eigenvalue weighted by atomic mass is 9.84. The average Bonchev–Trinajstić information content (AvgIpc) is 2.53. The molecule has 2 atom stereocenters. The number of benzene rings is 1. The Morgan fingerprint density at radius 2 is 2.08 bits per heavy atom. The minimum Gasteiger partial charge on any atom is -0.466 e. The SMILES string of the molecule is CCOC(=O)CC(=O)[C@H]1CCN(C)[C@H](Cc2cc(F)ccc2F)C1. The van der Waals surface area contributed by atoms with Crippen molar-refractivity contribution in [3.05, 3.63) is 35.4 Å². The Labute approximate surface area is 140 Å². The number of ether oxygens (including phenoxy) is 1. The molecule has 132 valence electrons. The number of esters is 1. The number of piperidine rings is 1. The standard InChI is InChI=1S/C18H23F2NO3/c1-3-24-18(23)11-17(22)12-6-7-21(2)15(9-12)10-13-8-14(19)4-5-16(13)20/h4-5,8,12,15H,3,6-7,9-11H2,1-2H3/t12-,15-/m0/s1. The molecule has 1 aliphatic heterocycles. The van der Waals surface area contributed by atoms with Crippen molar-refractivity contribution in [3.8, 4) is 0 Å². The normalized spacial score (nSPS) is 21.5. The number of carbonyl (C=O) groups excluding carboxylic acids is 2. The Morgan fingerprint density at radius 1 is 1.33 bits per heavy atom. The van der Waals surface area contributed by atoms with Crippen LogP contribution in [0.5, 0.6) is 0 Å². The van der Waals surface area contributed by atoms with Gasteiger partial charge in [-0.3, -0.25) is 9.59 Å². The van der Waals surface area contributed by atoms with Crippen LogP contribution >= 0.6 is 0 Å². The summed E-state index contributed by atoms with van der Waals surface area (Å²) in [6.07, 6.45) is 1.31. The van der Waals surface area contributed by atoms with Crippen molar-refractivity contribution in [2.24, 2.45) is 5.92 Å². The van der Waals surface area contributed by atoms with Crippen LogP contribution in [-0.4, -0.2) is 42.9 Å². The number of nitrogens with zero attached hydrogens (tertiary/aromatic N) is 1. The van der Waals surface area contributed by atoms with E-state index in [0.29, 0.717) is 31.4 Å². The number of hydrogen-bond donors (Lipinski definition) is 0. The Morgan fingerprint density at radius 3 is 2.79 bits per heavy atom. The zero-order chi connectivity index (χ0) is 17.7. The molecule has 1 fully saturated rings. The number of rotatable bonds is 6. The van der Waals surface area contributed by atoms with E-state index >= 15 is 0 Å². The van der Waals surface area contributed by atoms with E-state index in [9.17, 15) is 18.4 Å². The van der Waals surface area contributed by atoms with Crippen LogP contribution < -0.4 is 0 Å². The van der Waals surface area contributed by atoms with E-state index in [1.165, 1.54) is 6.07 Å². The van der Waals surface area contributed by atoms with E-state index in [4.69, 9.17) is 4.74 Å². The van der Waals surface area contributed by atoms with Crippen molar-refractivity contribution in [2.75, 3.05) is 20.2 Å². The molecule has 2 rings (SSSR count). The molecule has 0 aromatic heterocycles. The Balaban J connectivity index is 2.01. The lowest BCUT2D eigenvalue weighted by Gasteiger charge is -2.36. The molecule has 0 spiro atoms. The van der Waals surface area contributed by atoms with E-state index in [1.54, 1.807) is 6.92 Å². The molecule has 0 amide bonds. The summed E-state index contributed by atoms with van der Waals surface area (Å²) in [5.74, 6) is -1.79. The molecule has 0 N–H and O–H groups in total. The van der Waals surface area contributed by atoms with Gasteiger partial charge in [-0.15, -0.1) is 0 Å². The molecule has 1 aliphatic rings. The fourth-order valence-electron chi connectivity index (χ4n) is 3.15. The largest absolute Gasteiger partial charge is 0.466 e. The number of likely N-dealkylation sites (N-methyl/N-ethyl adjacent to an activating group) is 1. The Kier molecular flexibility index (Phi) is 6.43. The minimum atomic E-state index is -0.505. The molecule has 0 radical (unpaired) electrons. The highest BCUT2D eigenvalue weighted by atomic mass is 19.1. The highest BCUT2D eigenvalue weighted by molar-refractivity contribution is 5.96. The second-order valence-corrected chi connectivity index (χ2v) is 6.24. The van der Waals surface area contributed by atoms with Gasteiger partial charge >= 0.3 is 5.97 Å². The van der Waals surface area contributed by atoms with Gasteiger partial charge in [0.05, 0.1) is 6.61 Å². The van der Waals surface area contributed by atoms with E-state index < -0.39 is 17.6 Å².